The Hall–Kier alpha value is -0.870. The van der Waals surface area contributed by atoms with E-state index in [1.165, 1.54) is 0 Å². The minimum absolute atomic E-state index is 0.340. The van der Waals surface area contributed by atoms with Gasteiger partial charge in [-0.1, -0.05) is 25.4 Å². The van der Waals surface area contributed by atoms with Gasteiger partial charge in [0.2, 0.25) is 0 Å². The molecule has 0 aliphatic heterocycles. The molecular formula is C11H11BrClN3. The van der Waals surface area contributed by atoms with Crippen LogP contribution in [0.3, 0.4) is 0 Å². The summed E-state index contributed by atoms with van der Waals surface area (Å²) in [5.74, 6) is 1.91. The Bertz CT molecular complexity index is 508. The van der Waals surface area contributed by atoms with Crippen molar-refractivity contribution >= 4 is 27.5 Å². The average molecular weight is 301 g/mol. The molecule has 0 fully saturated rings. The molecule has 1 aromatic carbocycles. The van der Waals surface area contributed by atoms with E-state index in [0.29, 0.717) is 16.8 Å². The van der Waals surface area contributed by atoms with Gasteiger partial charge >= 0.3 is 0 Å². The molecule has 1 heterocycles. The quantitative estimate of drug-likeness (QED) is 0.910. The first kappa shape index (κ1) is 11.6. The molecule has 0 radical (unpaired) electrons. The lowest BCUT2D eigenvalue weighted by Crippen LogP contribution is -1.89. The molecule has 2 aromatic rings. The number of benzene rings is 1. The van der Waals surface area contributed by atoms with Gasteiger partial charge in [-0.15, -0.1) is 0 Å². The summed E-state index contributed by atoms with van der Waals surface area (Å²) in [6.45, 7) is 4.14. The Balaban J connectivity index is 2.42. The molecule has 0 amide bonds. The Morgan fingerprint density at radius 3 is 2.69 bits per heavy atom. The van der Waals surface area contributed by atoms with Crippen LogP contribution >= 0.6 is 27.5 Å². The van der Waals surface area contributed by atoms with E-state index < -0.39 is 0 Å². The van der Waals surface area contributed by atoms with E-state index in [1.807, 2.05) is 18.2 Å². The first-order valence-electron chi connectivity index (χ1n) is 4.95. The van der Waals surface area contributed by atoms with Gasteiger partial charge < -0.3 is 0 Å². The third-order valence-corrected chi connectivity index (χ3v) is 3.11. The molecule has 0 saturated carbocycles. The van der Waals surface area contributed by atoms with Gasteiger partial charge in [0.05, 0.1) is 0 Å². The third kappa shape index (κ3) is 2.28. The highest BCUT2D eigenvalue weighted by Crippen LogP contribution is 2.28. The lowest BCUT2D eigenvalue weighted by molar-refractivity contribution is 0.781. The number of halogens is 2. The molecule has 0 bridgehead atoms. The Morgan fingerprint density at radius 1 is 1.38 bits per heavy atom. The van der Waals surface area contributed by atoms with Crippen LogP contribution in [-0.2, 0) is 0 Å². The lowest BCUT2D eigenvalue weighted by atomic mass is 10.2. The van der Waals surface area contributed by atoms with E-state index in [-0.39, 0.29) is 0 Å². The Morgan fingerprint density at radius 2 is 2.12 bits per heavy atom. The van der Waals surface area contributed by atoms with Crippen LogP contribution in [0.1, 0.15) is 25.6 Å². The van der Waals surface area contributed by atoms with E-state index >= 15 is 0 Å². The molecule has 2 rings (SSSR count). The van der Waals surface area contributed by atoms with Crippen molar-refractivity contribution in [1.82, 2.24) is 15.2 Å². The van der Waals surface area contributed by atoms with Crippen LogP contribution < -0.4 is 0 Å². The van der Waals surface area contributed by atoms with Crippen molar-refractivity contribution in [3.05, 3.63) is 33.5 Å². The molecule has 0 spiro atoms. The predicted molar refractivity (Wildman–Crippen MR) is 68.6 cm³/mol. The molecule has 1 aromatic heterocycles. The number of aromatic nitrogens is 3. The Kier molecular flexibility index (Phi) is 3.30. The molecule has 0 aliphatic carbocycles. The standard InChI is InChI=1S/C11H11BrClN3/c1-6(2)10-14-11(16-15-10)8-4-3-7(13)5-9(8)12/h3-6H,1-2H3,(H,14,15,16). The van der Waals surface area contributed by atoms with Gasteiger partial charge in [0, 0.05) is 21.0 Å². The minimum atomic E-state index is 0.340. The topological polar surface area (TPSA) is 41.6 Å². The minimum Gasteiger partial charge on any atom is -0.262 e. The van der Waals surface area contributed by atoms with Gasteiger partial charge in [0.25, 0.3) is 0 Å². The highest BCUT2D eigenvalue weighted by molar-refractivity contribution is 9.10. The van der Waals surface area contributed by atoms with Crippen molar-refractivity contribution in [2.24, 2.45) is 0 Å². The second-order valence-electron chi connectivity index (χ2n) is 3.82. The highest BCUT2D eigenvalue weighted by Gasteiger charge is 2.11. The van der Waals surface area contributed by atoms with E-state index in [4.69, 9.17) is 11.6 Å². The highest BCUT2D eigenvalue weighted by atomic mass is 79.9. The van der Waals surface area contributed by atoms with Crippen molar-refractivity contribution in [3.8, 4) is 11.4 Å². The molecule has 1 N–H and O–H groups in total. The molecule has 16 heavy (non-hydrogen) atoms. The summed E-state index contributed by atoms with van der Waals surface area (Å²) in [6.07, 6.45) is 0. The fourth-order valence-electron chi connectivity index (χ4n) is 1.32. The van der Waals surface area contributed by atoms with Gasteiger partial charge in [0.1, 0.15) is 5.82 Å². The predicted octanol–water partition coefficient (Wildman–Crippen LogP) is 4.01. The van der Waals surface area contributed by atoms with Crippen LogP contribution in [0.15, 0.2) is 22.7 Å². The molecule has 5 heteroatoms. The van der Waals surface area contributed by atoms with Crippen LogP contribution in [0.4, 0.5) is 0 Å². The summed E-state index contributed by atoms with van der Waals surface area (Å²) in [7, 11) is 0. The zero-order valence-electron chi connectivity index (χ0n) is 8.96. The van der Waals surface area contributed by atoms with Crippen LogP contribution in [0.5, 0.6) is 0 Å². The third-order valence-electron chi connectivity index (χ3n) is 2.22. The number of H-pyrrole nitrogens is 1. The first-order chi connectivity index (χ1) is 7.58. The number of nitrogens with one attached hydrogen (secondary N) is 1. The summed E-state index contributed by atoms with van der Waals surface area (Å²) >= 11 is 9.33. The smallest absolute Gasteiger partial charge is 0.182 e. The van der Waals surface area contributed by atoms with Crippen molar-refractivity contribution in [2.45, 2.75) is 19.8 Å². The average Bonchev–Trinajstić information content (AvgIpc) is 2.66. The monoisotopic (exact) mass is 299 g/mol. The van der Waals surface area contributed by atoms with Gasteiger partial charge in [-0.05, 0) is 34.1 Å². The van der Waals surface area contributed by atoms with Crippen molar-refractivity contribution in [3.63, 3.8) is 0 Å². The SMILES string of the molecule is CC(C)c1nc(-c2ccc(Cl)cc2Br)n[nH]1. The summed E-state index contributed by atoms with van der Waals surface area (Å²) in [5, 5.41) is 7.81. The fourth-order valence-corrected chi connectivity index (χ4v) is 2.18. The fraction of sp³-hybridized carbons (Fsp3) is 0.273. The number of nitrogens with zero attached hydrogens (tertiary/aromatic N) is 2. The van der Waals surface area contributed by atoms with Crippen LogP contribution in [-0.4, -0.2) is 15.2 Å². The summed E-state index contributed by atoms with van der Waals surface area (Å²) in [4.78, 5) is 4.43. The zero-order valence-corrected chi connectivity index (χ0v) is 11.3. The van der Waals surface area contributed by atoms with Crippen molar-refractivity contribution in [2.75, 3.05) is 0 Å². The van der Waals surface area contributed by atoms with Crippen molar-refractivity contribution in [1.29, 1.82) is 0 Å². The van der Waals surface area contributed by atoms with Gasteiger partial charge in [-0.2, -0.15) is 5.10 Å². The van der Waals surface area contributed by atoms with Gasteiger partial charge in [-0.25, -0.2) is 4.98 Å². The number of hydrogen-bond donors (Lipinski definition) is 1. The Labute approximate surface area is 107 Å². The number of hydrogen-bond acceptors (Lipinski definition) is 2. The van der Waals surface area contributed by atoms with E-state index in [9.17, 15) is 0 Å². The second-order valence-corrected chi connectivity index (χ2v) is 5.11. The molecular weight excluding hydrogens is 289 g/mol. The summed E-state index contributed by atoms with van der Waals surface area (Å²) in [6, 6.07) is 5.56. The molecule has 0 saturated heterocycles. The van der Waals surface area contributed by atoms with E-state index in [0.717, 1.165) is 15.9 Å². The number of aromatic amines is 1. The molecule has 0 atom stereocenters. The van der Waals surface area contributed by atoms with Crippen LogP contribution in [0.25, 0.3) is 11.4 Å². The lowest BCUT2D eigenvalue weighted by Gasteiger charge is -2.00. The van der Waals surface area contributed by atoms with Gasteiger partial charge in [-0.3, -0.25) is 5.10 Å². The maximum Gasteiger partial charge on any atom is 0.182 e. The summed E-state index contributed by atoms with van der Waals surface area (Å²) < 4.78 is 0.898. The molecule has 0 unspecified atom stereocenters. The van der Waals surface area contributed by atoms with Gasteiger partial charge in [0.15, 0.2) is 5.82 Å². The van der Waals surface area contributed by atoms with Crippen molar-refractivity contribution < 1.29 is 0 Å². The molecule has 3 nitrogen and oxygen atoms in total. The number of rotatable bonds is 2. The van der Waals surface area contributed by atoms with Crippen LogP contribution in [0.2, 0.25) is 5.02 Å². The normalized spacial score (nSPS) is 11.1. The summed E-state index contributed by atoms with van der Waals surface area (Å²) in [5.41, 5.74) is 0.938. The second kappa shape index (κ2) is 4.55. The van der Waals surface area contributed by atoms with Crippen LogP contribution in [0, 0.1) is 0 Å². The maximum atomic E-state index is 5.88. The van der Waals surface area contributed by atoms with E-state index in [2.05, 4.69) is 45.0 Å². The maximum absolute atomic E-state index is 5.88. The molecule has 0 aliphatic rings. The first-order valence-corrected chi connectivity index (χ1v) is 6.12. The molecule has 84 valence electrons. The zero-order chi connectivity index (χ0) is 11.7. The van der Waals surface area contributed by atoms with E-state index in [1.54, 1.807) is 0 Å². The largest absolute Gasteiger partial charge is 0.262 e.